The predicted octanol–water partition coefficient (Wildman–Crippen LogP) is 1.63. The van der Waals surface area contributed by atoms with Crippen LogP contribution in [-0.4, -0.2) is 36.6 Å². The van der Waals surface area contributed by atoms with Gasteiger partial charge in [-0.1, -0.05) is 0 Å². The van der Waals surface area contributed by atoms with Gasteiger partial charge in [0.15, 0.2) is 5.65 Å². The molecule has 3 aromatic heterocycles. The lowest BCUT2D eigenvalue weighted by atomic mass is 10.1. The second-order valence-electron chi connectivity index (χ2n) is 7.37. The molecule has 0 aromatic carbocycles. The number of hydrogen-bond donors (Lipinski definition) is 4. The van der Waals surface area contributed by atoms with Crippen molar-refractivity contribution in [1.29, 1.82) is 0 Å². The second kappa shape index (κ2) is 8.22. The number of H-pyrrole nitrogens is 1. The van der Waals surface area contributed by atoms with Crippen LogP contribution >= 0.6 is 0 Å². The van der Waals surface area contributed by atoms with E-state index in [4.69, 9.17) is 0 Å². The maximum atomic E-state index is 12.2. The molecule has 0 aliphatic heterocycles. The SMILES string of the molecule is Cc1cc(C)c(CNCc2cc(C(O)CO)nc3c2cnn3C(C)C)c(=O)[nH]1. The molecule has 8 nitrogen and oxygen atoms in total. The van der Waals surface area contributed by atoms with Crippen molar-refractivity contribution in [2.75, 3.05) is 6.61 Å². The van der Waals surface area contributed by atoms with Crippen LogP contribution in [0.15, 0.2) is 23.1 Å². The third-order valence-corrected chi connectivity index (χ3v) is 4.79. The van der Waals surface area contributed by atoms with Gasteiger partial charge >= 0.3 is 0 Å². The first-order valence-electron chi connectivity index (χ1n) is 9.37. The number of fused-ring (bicyclic) bond motifs is 1. The van der Waals surface area contributed by atoms with Crippen molar-refractivity contribution in [1.82, 2.24) is 25.1 Å². The molecule has 0 fully saturated rings. The summed E-state index contributed by atoms with van der Waals surface area (Å²) in [4.78, 5) is 19.5. The van der Waals surface area contributed by atoms with Gasteiger partial charge in [-0.3, -0.25) is 4.79 Å². The molecule has 1 atom stereocenters. The van der Waals surface area contributed by atoms with Gasteiger partial charge < -0.3 is 20.5 Å². The molecule has 0 aliphatic rings. The van der Waals surface area contributed by atoms with Crippen LogP contribution in [0.4, 0.5) is 0 Å². The summed E-state index contributed by atoms with van der Waals surface area (Å²) in [5, 5.41) is 28.0. The minimum absolute atomic E-state index is 0.0890. The number of hydrogen-bond acceptors (Lipinski definition) is 6. The third kappa shape index (κ3) is 3.99. The fourth-order valence-electron chi connectivity index (χ4n) is 3.32. The van der Waals surface area contributed by atoms with Crippen LogP contribution in [0.2, 0.25) is 0 Å². The number of aromatic amines is 1. The zero-order valence-corrected chi connectivity index (χ0v) is 16.7. The Morgan fingerprint density at radius 1 is 1.25 bits per heavy atom. The highest BCUT2D eigenvalue weighted by molar-refractivity contribution is 5.79. The summed E-state index contributed by atoms with van der Waals surface area (Å²) >= 11 is 0. The van der Waals surface area contributed by atoms with E-state index in [2.05, 4.69) is 20.4 Å². The normalized spacial score (nSPS) is 12.8. The van der Waals surface area contributed by atoms with Gasteiger partial charge in [0, 0.05) is 35.8 Å². The zero-order chi connectivity index (χ0) is 20.4. The number of aryl methyl sites for hydroxylation is 2. The van der Waals surface area contributed by atoms with Crippen molar-refractivity contribution >= 4 is 11.0 Å². The van der Waals surface area contributed by atoms with Gasteiger partial charge in [0.2, 0.25) is 0 Å². The fourth-order valence-corrected chi connectivity index (χ4v) is 3.32. The van der Waals surface area contributed by atoms with Crippen LogP contribution in [-0.2, 0) is 13.1 Å². The van der Waals surface area contributed by atoms with Gasteiger partial charge in [-0.15, -0.1) is 0 Å². The van der Waals surface area contributed by atoms with E-state index in [1.807, 2.05) is 33.8 Å². The summed E-state index contributed by atoms with van der Waals surface area (Å²) < 4.78 is 1.79. The molecule has 150 valence electrons. The summed E-state index contributed by atoms with van der Waals surface area (Å²) in [7, 11) is 0. The van der Waals surface area contributed by atoms with Crippen LogP contribution in [0.1, 0.15) is 54.1 Å². The lowest BCUT2D eigenvalue weighted by Gasteiger charge is -2.13. The number of rotatable bonds is 7. The Hall–Kier alpha value is -2.55. The van der Waals surface area contributed by atoms with Crippen LogP contribution in [0.25, 0.3) is 11.0 Å². The van der Waals surface area contributed by atoms with E-state index < -0.39 is 12.7 Å². The first-order chi connectivity index (χ1) is 13.3. The molecule has 4 N–H and O–H groups in total. The molecule has 0 amide bonds. The average molecular weight is 385 g/mol. The molecule has 3 heterocycles. The molecule has 3 rings (SSSR count). The van der Waals surface area contributed by atoms with Crippen molar-refractivity contribution in [3.05, 3.63) is 56.8 Å². The monoisotopic (exact) mass is 385 g/mol. The predicted molar refractivity (Wildman–Crippen MR) is 107 cm³/mol. The fraction of sp³-hybridized carbons (Fsp3) is 0.450. The highest BCUT2D eigenvalue weighted by Crippen LogP contribution is 2.23. The lowest BCUT2D eigenvalue weighted by molar-refractivity contribution is 0.0924. The lowest BCUT2D eigenvalue weighted by Crippen LogP contribution is -2.23. The smallest absolute Gasteiger partial charge is 0.252 e. The molecule has 0 radical (unpaired) electrons. The Morgan fingerprint density at radius 2 is 2.00 bits per heavy atom. The van der Waals surface area contributed by atoms with Crippen molar-refractivity contribution < 1.29 is 10.2 Å². The third-order valence-electron chi connectivity index (χ3n) is 4.79. The molecular weight excluding hydrogens is 358 g/mol. The quantitative estimate of drug-likeness (QED) is 0.491. The highest BCUT2D eigenvalue weighted by atomic mass is 16.3. The van der Waals surface area contributed by atoms with E-state index in [-0.39, 0.29) is 11.6 Å². The Morgan fingerprint density at radius 3 is 2.64 bits per heavy atom. The van der Waals surface area contributed by atoms with Gasteiger partial charge in [0.25, 0.3) is 5.56 Å². The number of nitrogens with zero attached hydrogens (tertiary/aromatic N) is 3. The number of nitrogens with one attached hydrogen (secondary N) is 2. The Kier molecular flexibility index (Phi) is 5.93. The van der Waals surface area contributed by atoms with Crippen LogP contribution in [0.3, 0.4) is 0 Å². The first kappa shape index (κ1) is 20.2. The Labute approximate surface area is 163 Å². The summed E-state index contributed by atoms with van der Waals surface area (Å²) in [6.07, 6.45) is 0.708. The van der Waals surface area contributed by atoms with Crippen LogP contribution in [0, 0.1) is 13.8 Å². The molecule has 1 unspecified atom stereocenters. The Bertz CT molecular complexity index is 1040. The van der Waals surface area contributed by atoms with Crippen molar-refractivity contribution in [2.24, 2.45) is 0 Å². The van der Waals surface area contributed by atoms with E-state index in [1.54, 1.807) is 16.9 Å². The van der Waals surface area contributed by atoms with Gasteiger partial charge in [-0.25, -0.2) is 9.67 Å². The zero-order valence-electron chi connectivity index (χ0n) is 16.7. The number of aliphatic hydroxyl groups excluding tert-OH is 2. The number of aliphatic hydroxyl groups is 2. The number of pyridine rings is 2. The maximum absolute atomic E-state index is 12.2. The second-order valence-corrected chi connectivity index (χ2v) is 7.37. The molecule has 8 heteroatoms. The summed E-state index contributed by atoms with van der Waals surface area (Å²) in [6, 6.07) is 3.83. The standard InChI is InChI=1S/C20H27N5O3/c1-11(2)25-19-16(9-22-25)14(6-17(24-19)18(27)10-26)7-21-8-15-12(3)5-13(4)23-20(15)28/h5-6,9,11,18,21,26-27H,7-8,10H2,1-4H3,(H,23,28). The van der Waals surface area contributed by atoms with Crippen molar-refractivity contribution in [2.45, 2.75) is 52.9 Å². The molecule has 0 bridgehead atoms. The van der Waals surface area contributed by atoms with E-state index in [9.17, 15) is 15.0 Å². The van der Waals surface area contributed by atoms with E-state index in [0.29, 0.717) is 30.0 Å². The van der Waals surface area contributed by atoms with Crippen molar-refractivity contribution in [3.63, 3.8) is 0 Å². The van der Waals surface area contributed by atoms with Gasteiger partial charge in [0.1, 0.15) is 6.10 Å². The number of aromatic nitrogens is 4. The largest absolute Gasteiger partial charge is 0.393 e. The summed E-state index contributed by atoms with van der Waals surface area (Å²) in [6.45, 7) is 8.29. The molecule has 0 saturated heterocycles. The molecule has 3 aromatic rings. The maximum Gasteiger partial charge on any atom is 0.252 e. The molecule has 28 heavy (non-hydrogen) atoms. The molecule has 0 saturated carbocycles. The van der Waals surface area contributed by atoms with E-state index in [0.717, 1.165) is 22.2 Å². The average Bonchev–Trinajstić information content (AvgIpc) is 3.07. The molecule has 0 spiro atoms. The molecule has 0 aliphatic carbocycles. The van der Waals surface area contributed by atoms with E-state index >= 15 is 0 Å². The van der Waals surface area contributed by atoms with Gasteiger partial charge in [-0.05, 0) is 51.0 Å². The minimum Gasteiger partial charge on any atom is -0.393 e. The summed E-state index contributed by atoms with van der Waals surface area (Å²) in [5.74, 6) is 0. The highest BCUT2D eigenvalue weighted by Gasteiger charge is 2.17. The topological polar surface area (TPSA) is 116 Å². The van der Waals surface area contributed by atoms with E-state index in [1.165, 1.54) is 0 Å². The van der Waals surface area contributed by atoms with Gasteiger partial charge in [0.05, 0.1) is 18.5 Å². The van der Waals surface area contributed by atoms with Crippen molar-refractivity contribution in [3.8, 4) is 0 Å². The van der Waals surface area contributed by atoms with Crippen LogP contribution in [0.5, 0.6) is 0 Å². The Balaban J connectivity index is 1.91. The summed E-state index contributed by atoms with van der Waals surface area (Å²) in [5.41, 5.74) is 4.36. The first-order valence-corrected chi connectivity index (χ1v) is 9.37. The van der Waals surface area contributed by atoms with Crippen LogP contribution < -0.4 is 10.9 Å². The van der Waals surface area contributed by atoms with Gasteiger partial charge in [-0.2, -0.15) is 5.10 Å². The minimum atomic E-state index is -1.05. The molecular formula is C20H27N5O3.